The molecular formula is C22H27NO4. The van der Waals surface area contributed by atoms with Crippen LogP contribution < -0.4 is 14.7 Å². The lowest BCUT2D eigenvalue weighted by Crippen LogP contribution is -3.11. The standard InChI is InChI=1S/C22H27NO4/c1-15-9-11-23(12-10-15)14-19-20(24)8-7-18(22(19)26)21(25)13-16-3-5-17(27-2)6-4-16/h3-8,15,24,26H,9-14H2,1-2H3. The molecule has 2 aromatic carbocycles. The van der Waals surface area contributed by atoms with E-state index < -0.39 is 0 Å². The Labute approximate surface area is 160 Å². The van der Waals surface area contributed by atoms with E-state index in [4.69, 9.17) is 4.74 Å². The molecule has 0 unspecified atom stereocenters. The molecule has 1 heterocycles. The third-order valence-electron chi connectivity index (χ3n) is 5.47. The zero-order valence-electron chi connectivity index (χ0n) is 16.0. The minimum Gasteiger partial charge on any atom is -0.872 e. The normalized spacial score (nSPS) is 19.6. The van der Waals surface area contributed by atoms with Crippen molar-refractivity contribution in [1.82, 2.24) is 0 Å². The van der Waals surface area contributed by atoms with Crippen molar-refractivity contribution in [2.45, 2.75) is 32.7 Å². The maximum absolute atomic E-state index is 12.8. The molecule has 1 aliphatic rings. The van der Waals surface area contributed by atoms with Gasteiger partial charge in [0.1, 0.15) is 18.0 Å². The van der Waals surface area contributed by atoms with E-state index in [9.17, 15) is 15.0 Å². The molecule has 5 heteroatoms. The van der Waals surface area contributed by atoms with Gasteiger partial charge < -0.3 is 19.8 Å². The van der Waals surface area contributed by atoms with Crippen LogP contribution in [0.25, 0.3) is 0 Å². The highest BCUT2D eigenvalue weighted by atomic mass is 16.5. The number of phenolic OH excluding ortho intramolecular Hbond substituents is 1. The molecule has 0 aliphatic carbocycles. The van der Waals surface area contributed by atoms with Gasteiger partial charge in [0.05, 0.1) is 20.2 Å². The fourth-order valence-corrected chi connectivity index (χ4v) is 3.63. The van der Waals surface area contributed by atoms with Crippen LogP contribution in [0, 0.1) is 5.92 Å². The van der Waals surface area contributed by atoms with Crippen LogP contribution in [0.5, 0.6) is 17.2 Å². The fourth-order valence-electron chi connectivity index (χ4n) is 3.63. The Bertz CT molecular complexity index is 793. The molecule has 0 aromatic heterocycles. The van der Waals surface area contributed by atoms with Crippen LogP contribution in [0.4, 0.5) is 0 Å². The second-order valence-electron chi connectivity index (χ2n) is 7.50. The maximum atomic E-state index is 12.8. The quantitative estimate of drug-likeness (QED) is 0.761. The van der Waals surface area contributed by atoms with Crippen LogP contribution in [-0.4, -0.2) is 31.1 Å². The van der Waals surface area contributed by atoms with Gasteiger partial charge in [-0.3, -0.25) is 4.79 Å². The van der Waals surface area contributed by atoms with Gasteiger partial charge in [0.2, 0.25) is 0 Å². The molecule has 5 nitrogen and oxygen atoms in total. The number of rotatable bonds is 6. The second kappa shape index (κ2) is 8.44. The summed E-state index contributed by atoms with van der Waals surface area (Å²) in [4.78, 5) is 14.0. The topological polar surface area (TPSA) is 74.0 Å². The highest BCUT2D eigenvalue weighted by Crippen LogP contribution is 2.29. The van der Waals surface area contributed by atoms with Gasteiger partial charge >= 0.3 is 0 Å². The molecule has 1 aliphatic heterocycles. The number of ketones is 1. The number of Topliss-reactive ketones (excluding diaryl/α,β-unsaturated/α-hetero) is 1. The second-order valence-corrected chi connectivity index (χ2v) is 7.50. The Balaban J connectivity index is 1.76. The van der Waals surface area contributed by atoms with Crippen LogP contribution in [0.1, 0.15) is 41.3 Å². The number of likely N-dealkylation sites (tertiary alicyclic amines) is 1. The van der Waals surface area contributed by atoms with E-state index in [1.807, 2.05) is 12.1 Å². The lowest BCUT2D eigenvalue weighted by atomic mass is 9.97. The summed E-state index contributed by atoms with van der Waals surface area (Å²) in [5.74, 6) is 0.869. The lowest BCUT2D eigenvalue weighted by Gasteiger charge is -2.29. The zero-order valence-corrected chi connectivity index (χ0v) is 16.0. The number of nitrogens with one attached hydrogen (secondary N) is 1. The molecule has 1 fully saturated rings. The SMILES string of the molecule is COc1ccc(CC(=O)c2ccc(O)c(C[NH+]3CCC(C)CC3)c2[O-])cc1. The highest BCUT2D eigenvalue weighted by molar-refractivity contribution is 6.00. The highest BCUT2D eigenvalue weighted by Gasteiger charge is 2.22. The third-order valence-corrected chi connectivity index (χ3v) is 5.47. The molecule has 144 valence electrons. The number of quaternary nitrogens is 1. The summed E-state index contributed by atoms with van der Waals surface area (Å²) in [7, 11) is 1.59. The predicted molar refractivity (Wildman–Crippen MR) is 101 cm³/mol. The van der Waals surface area contributed by atoms with Crippen molar-refractivity contribution >= 4 is 5.78 Å². The van der Waals surface area contributed by atoms with E-state index in [1.54, 1.807) is 19.2 Å². The molecular weight excluding hydrogens is 342 g/mol. The number of carbonyl (C=O) groups excluding carboxylic acids is 1. The maximum Gasteiger partial charge on any atom is 0.166 e. The summed E-state index contributed by atoms with van der Waals surface area (Å²) < 4.78 is 5.12. The minimum atomic E-state index is -0.334. The third kappa shape index (κ3) is 4.61. The number of carbonyl (C=O) groups is 1. The molecule has 27 heavy (non-hydrogen) atoms. The van der Waals surface area contributed by atoms with Crippen LogP contribution in [-0.2, 0) is 13.0 Å². The summed E-state index contributed by atoms with van der Waals surface area (Å²) in [5, 5.41) is 23.0. The van der Waals surface area contributed by atoms with E-state index >= 15 is 0 Å². The summed E-state index contributed by atoms with van der Waals surface area (Å²) >= 11 is 0. The summed E-state index contributed by atoms with van der Waals surface area (Å²) in [6, 6.07) is 10.2. The zero-order chi connectivity index (χ0) is 19.4. The van der Waals surface area contributed by atoms with Gasteiger partial charge in [-0.2, -0.15) is 0 Å². The largest absolute Gasteiger partial charge is 0.872 e. The van der Waals surface area contributed by atoms with Crippen molar-refractivity contribution in [1.29, 1.82) is 0 Å². The van der Waals surface area contributed by atoms with Crippen LogP contribution >= 0.6 is 0 Å². The smallest absolute Gasteiger partial charge is 0.166 e. The molecule has 0 spiro atoms. The number of hydrogen-bond acceptors (Lipinski definition) is 4. The van der Waals surface area contributed by atoms with E-state index in [0.29, 0.717) is 18.0 Å². The van der Waals surface area contributed by atoms with Crippen molar-refractivity contribution < 1.29 is 24.6 Å². The number of aromatic hydroxyl groups is 1. The average molecular weight is 369 g/mol. The van der Waals surface area contributed by atoms with Gasteiger partial charge in [0, 0.05) is 17.5 Å². The van der Waals surface area contributed by atoms with Crippen LogP contribution in [0.3, 0.4) is 0 Å². The van der Waals surface area contributed by atoms with Gasteiger partial charge in [-0.25, -0.2) is 0 Å². The Morgan fingerprint density at radius 1 is 1.19 bits per heavy atom. The molecule has 0 atom stereocenters. The number of piperidine rings is 1. The first-order valence-corrected chi connectivity index (χ1v) is 9.49. The van der Waals surface area contributed by atoms with Crippen molar-refractivity contribution in [2.75, 3.05) is 20.2 Å². The number of methoxy groups -OCH3 is 1. The number of hydrogen-bond donors (Lipinski definition) is 2. The number of ether oxygens (including phenoxy) is 1. The number of phenols is 1. The summed E-state index contributed by atoms with van der Waals surface area (Å²) in [5.41, 5.74) is 1.34. The molecule has 1 saturated heterocycles. The molecule has 2 N–H and O–H groups in total. The minimum absolute atomic E-state index is 0.00730. The fraction of sp³-hybridized carbons (Fsp3) is 0.409. The van der Waals surface area contributed by atoms with Crippen LogP contribution in [0.2, 0.25) is 0 Å². The summed E-state index contributed by atoms with van der Waals surface area (Å²) in [6.45, 7) is 4.70. The monoisotopic (exact) mass is 369 g/mol. The first kappa shape index (κ1) is 19.2. The van der Waals surface area contributed by atoms with Gasteiger partial charge in [-0.1, -0.05) is 24.8 Å². The Morgan fingerprint density at radius 2 is 1.85 bits per heavy atom. The molecule has 3 rings (SSSR count). The van der Waals surface area contributed by atoms with Crippen molar-refractivity contribution in [3.05, 3.63) is 53.1 Å². The Hall–Kier alpha value is -2.53. The van der Waals surface area contributed by atoms with Crippen molar-refractivity contribution in [2.24, 2.45) is 5.92 Å². The average Bonchev–Trinajstić information content (AvgIpc) is 2.67. The lowest BCUT2D eigenvalue weighted by molar-refractivity contribution is -0.919. The van der Waals surface area contributed by atoms with E-state index in [1.165, 1.54) is 17.0 Å². The summed E-state index contributed by atoms with van der Waals surface area (Å²) in [6.07, 6.45) is 2.40. The molecule has 0 amide bonds. The molecule has 0 radical (unpaired) electrons. The molecule has 0 bridgehead atoms. The van der Waals surface area contributed by atoms with E-state index in [-0.39, 0.29) is 29.3 Å². The predicted octanol–water partition coefficient (Wildman–Crippen LogP) is 1.71. The van der Waals surface area contributed by atoms with Gasteiger partial charge in [-0.05, 0) is 48.6 Å². The van der Waals surface area contributed by atoms with Gasteiger partial charge in [0.15, 0.2) is 5.78 Å². The van der Waals surface area contributed by atoms with Crippen LogP contribution in [0.15, 0.2) is 36.4 Å². The van der Waals surface area contributed by atoms with E-state index in [2.05, 4.69) is 6.92 Å². The number of benzene rings is 2. The first-order chi connectivity index (χ1) is 13.0. The Morgan fingerprint density at radius 3 is 2.48 bits per heavy atom. The van der Waals surface area contributed by atoms with Gasteiger partial charge in [0.25, 0.3) is 0 Å². The van der Waals surface area contributed by atoms with Crippen molar-refractivity contribution in [3.63, 3.8) is 0 Å². The molecule has 2 aromatic rings. The first-order valence-electron chi connectivity index (χ1n) is 9.49. The molecule has 0 saturated carbocycles. The van der Waals surface area contributed by atoms with Crippen molar-refractivity contribution in [3.8, 4) is 17.2 Å². The van der Waals surface area contributed by atoms with Gasteiger partial charge in [-0.15, -0.1) is 0 Å². The van der Waals surface area contributed by atoms with E-state index in [0.717, 1.165) is 37.2 Å². The Kier molecular flexibility index (Phi) is 6.01.